The summed E-state index contributed by atoms with van der Waals surface area (Å²) in [5, 5.41) is 6.09. The Morgan fingerprint density at radius 2 is 2.16 bits per heavy atom. The van der Waals surface area contributed by atoms with E-state index in [1.165, 1.54) is 5.56 Å². The molecule has 0 saturated carbocycles. The van der Waals surface area contributed by atoms with Crippen LogP contribution in [-0.4, -0.2) is 16.9 Å². The molecule has 0 spiro atoms. The first-order valence-electron chi connectivity index (χ1n) is 5.99. The quantitative estimate of drug-likeness (QED) is 0.837. The monoisotopic (exact) mass is 317 g/mol. The molecule has 19 heavy (non-hydrogen) atoms. The lowest BCUT2D eigenvalue weighted by molar-refractivity contribution is -0.116. The van der Waals surface area contributed by atoms with E-state index in [2.05, 4.69) is 31.5 Å². The Morgan fingerprint density at radius 1 is 1.32 bits per heavy atom. The predicted octanol–water partition coefficient (Wildman–Crippen LogP) is 2.82. The number of fused-ring (bicyclic) bond motifs is 1. The summed E-state index contributed by atoms with van der Waals surface area (Å²) in [7, 11) is 0. The van der Waals surface area contributed by atoms with Gasteiger partial charge in [-0.2, -0.15) is 0 Å². The van der Waals surface area contributed by atoms with Crippen molar-refractivity contribution in [2.75, 3.05) is 10.6 Å². The normalized spacial score (nSPS) is 16.6. The molecule has 0 aliphatic carbocycles. The van der Waals surface area contributed by atoms with Crippen molar-refractivity contribution in [3.05, 3.63) is 52.8 Å². The van der Waals surface area contributed by atoms with Crippen LogP contribution in [0, 0.1) is 0 Å². The highest BCUT2D eigenvalue weighted by molar-refractivity contribution is 9.10. The van der Waals surface area contributed by atoms with E-state index < -0.39 is 0 Å². The van der Waals surface area contributed by atoms with Crippen molar-refractivity contribution in [3.8, 4) is 0 Å². The van der Waals surface area contributed by atoms with Gasteiger partial charge in [-0.3, -0.25) is 4.79 Å². The zero-order chi connectivity index (χ0) is 13.2. The number of anilines is 2. The maximum absolute atomic E-state index is 12.2. The highest BCUT2D eigenvalue weighted by Gasteiger charge is 2.26. The fourth-order valence-electron chi connectivity index (χ4n) is 2.14. The van der Waals surface area contributed by atoms with E-state index in [0.717, 1.165) is 10.3 Å². The van der Waals surface area contributed by atoms with Crippen LogP contribution < -0.4 is 10.6 Å². The van der Waals surface area contributed by atoms with E-state index in [1.807, 2.05) is 30.3 Å². The van der Waals surface area contributed by atoms with Gasteiger partial charge in [-0.15, -0.1) is 0 Å². The Labute approximate surface area is 119 Å². The Bertz CT molecular complexity index is 587. The van der Waals surface area contributed by atoms with E-state index in [-0.39, 0.29) is 11.9 Å². The van der Waals surface area contributed by atoms with Crippen LogP contribution in [0.5, 0.6) is 0 Å². The average molecular weight is 318 g/mol. The molecule has 1 amide bonds. The number of benzene rings is 1. The zero-order valence-corrected chi connectivity index (χ0v) is 11.6. The number of carbonyl (C=O) groups is 1. The van der Waals surface area contributed by atoms with Crippen molar-refractivity contribution in [2.24, 2.45) is 0 Å². The smallest absolute Gasteiger partial charge is 0.247 e. The van der Waals surface area contributed by atoms with Crippen molar-refractivity contribution in [3.63, 3.8) is 0 Å². The van der Waals surface area contributed by atoms with Gasteiger partial charge >= 0.3 is 0 Å². The molecule has 2 heterocycles. The largest absolute Gasteiger partial charge is 0.373 e. The Balaban J connectivity index is 1.68. The van der Waals surface area contributed by atoms with E-state index in [4.69, 9.17) is 0 Å². The second-order valence-corrected chi connectivity index (χ2v) is 5.23. The second kappa shape index (κ2) is 5.01. The first-order chi connectivity index (χ1) is 9.22. The van der Waals surface area contributed by atoms with Crippen LogP contribution in [0.25, 0.3) is 0 Å². The summed E-state index contributed by atoms with van der Waals surface area (Å²) in [5.74, 6) is -0.0414. The second-order valence-electron chi connectivity index (χ2n) is 4.42. The summed E-state index contributed by atoms with van der Waals surface area (Å²) in [6, 6.07) is 11.4. The van der Waals surface area contributed by atoms with Gasteiger partial charge in [0.15, 0.2) is 0 Å². The van der Waals surface area contributed by atoms with Crippen molar-refractivity contribution in [2.45, 2.75) is 12.5 Å². The maximum atomic E-state index is 12.2. The molecule has 4 nitrogen and oxygen atoms in total. The van der Waals surface area contributed by atoms with E-state index in [1.54, 1.807) is 12.3 Å². The number of para-hydroxylation sites is 1. The van der Waals surface area contributed by atoms with Crippen molar-refractivity contribution >= 4 is 33.2 Å². The van der Waals surface area contributed by atoms with Gasteiger partial charge in [0.25, 0.3) is 0 Å². The summed E-state index contributed by atoms with van der Waals surface area (Å²) in [6.45, 7) is 0. The zero-order valence-electron chi connectivity index (χ0n) is 10.1. The number of hydrogen-bond acceptors (Lipinski definition) is 3. The molecule has 2 N–H and O–H groups in total. The minimum atomic E-state index is -0.221. The van der Waals surface area contributed by atoms with Gasteiger partial charge in [-0.25, -0.2) is 4.98 Å². The summed E-state index contributed by atoms with van der Waals surface area (Å²) in [4.78, 5) is 16.2. The third kappa shape index (κ3) is 2.61. The van der Waals surface area contributed by atoms with Gasteiger partial charge in [0, 0.05) is 12.1 Å². The molecule has 5 heteroatoms. The number of nitrogens with zero attached hydrogens (tertiary/aromatic N) is 1. The number of halogens is 1. The maximum Gasteiger partial charge on any atom is 0.247 e. The molecule has 0 saturated heterocycles. The van der Waals surface area contributed by atoms with Gasteiger partial charge in [0.1, 0.15) is 10.6 Å². The Hall–Kier alpha value is -1.88. The fourth-order valence-corrected chi connectivity index (χ4v) is 2.37. The lowest BCUT2D eigenvalue weighted by atomic mass is 10.1. The SMILES string of the molecule is O=C(Nc1ccc(Br)nc1)C1Cc2ccccc2N1. The van der Waals surface area contributed by atoms with E-state index in [9.17, 15) is 4.79 Å². The molecule has 2 aromatic rings. The number of aromatic nitrogens is 1. The predicted molar refractivity (Wildman–Crippen MR) is 78.1 cm³/mol. The van der Waals surface area contributed by atoms with Crippen molar-refractivity contribution in [1.82, 2.24) is 4.98 Å². The highest BCUT2D eigenvalue weighted by Crippen LogP contribution is 2.25. The van der Waals surface area contributed by atoms with Crippen LogP contribution in [0.1, 0.15) is 5.56 Å². The molecule has 1 aliphatic heterocycles. The topological polar surface area (TPSA) is 54.0 Å². The first kappa shape index (κ1) is 12.2. The van der Waals surface area contributed by atoms with Crippen molar-refractivity contribution in [1.29, 1.82) is 0 Å². The number of pyridine rings is 1. The van der Waals surface area contributed by atoms with Gasteiger partial charge in [-0.05, 0) is 39.7 Å². The molecule has 0 bridgehead atoms. The summed E-state index contributed by atoms with van der Waals surface area (Å²) < 4.78 is 0.747. The number of carbonyl (C=O) groups excluding carboxylic acids is 1. The molecule has 3 rings (SSSR count). The van der Waals surface area contributed by atoms with E-state index in [0.29, 0.717) is 12.1 Å². The molecule has 1 aliphatic rings. The standard InChI is InChI=1S/C14H12BrN3O/c15-13-6-5-10(8-16-13)17-14(19)12-7-9-3-1-2-4-11(9)18-12/h1-6,8,12,18H,7H2,(H,17,19). The third-order valence-electron chi connectivity index (χ3n) is 3.08. The van der Waals surface area contributed by atoms with Gasteiger partial charge in [0.05, 0.1) is 11.9 Å². The number of rotatable bonds is 2. The van der Waals surface area contributed by atoms with Gasteiger partial charge in [-0.1, -0.05) is 18.2 Å². The Morgan fingerprint density at radius 3 is 2.89 bits per heavy atom. The van der Waals surface area contributed by atoms with Crippen LogP contribution in [-0.2, 0) is 11.2 Å². The molecule has 1 unspecified atom stereocenters. The highest BCUT2D eigenvalue weighted by atomic mass is 79.9. The average Bonchev–Trinajstić information content (AvgIpc) is 2.85. The number of nitrogens with one attached hydrogen (secondary N) is 2. The molecule has 1 aromatic heterocycles. The summed E-state index contributed by atoms with van der Waals surface area (Å²) >= 11 is 3.26. The minimum Gasteiger partial charge on any atom is -0.373 e. The molecule has 0 radical (unpaired) electrons. The molecular weight excluding hydrogens is 306 g/mol. The third-order valence-corrected chi connectivity index (χ3v) is 3.55. The molecule has 96 valence electrons. The lowest BCUT2D eigenvalue weighted by Gasteiger charge is -2.11. The van der Waals surface area contributed by atoms with Crippen LogP contribution in [0.4, 0.5) is 11.4 Å². The van der Waals surface area contributed by atoms with Gasteiger partial charge in [0.2, 0.25) is 5.91 Å². The fraction of sp³-hybridized carbons (Fsp3) is 0.143. The first-order valence-corrected chi connectivity index (χ1v) is 6.78. The number of hydrogen-bond donors (Lipinski definition) is 2. The summed E-state index contributed by atoms with van der Waals surface area (Å²) in [5.41, 5.74) is 2.92. The molecule has 1 aromatic carbocycles. The van der Waals surface area contributed by atoms with Crippen molar-refractivity contribution < 1.29 is 4.79 Å². The lowest BCUT2D eigenvalue weighted by Crippen LogP contribution is -2.32. The van der Waals surface area contributed by atoms with E-state index >= 15 is 0 Å². The van der Waals surface area contributed by atoms with Crippen LogP contribution in [0.3, 0.4) is 0 Å². The van der Waals surface area contributed by atoms with Gasteiger partial charge < -0.3 is 10.6 Å². The van der Waals surface area contributed by atoms with Crippen LogP contribution >= 0.6 is 15.9 Å². The summed E-state index contributed by atoms with van der Waals surface area (Å²) in [6.07, 6.45) is 2.34. The number of amides is 1. The minimum absolute atomic E-state index is 0.0414. The molecule has 1 atom stereocenters. The molecule has 0 fully saturated rings. The Kier molecular flexibility index (Phi) is 3.21. The van der Waals surface area contributed by atoms with Crippen LogP contribution in [0.2, 0.25) is 0 Å². The molecular formula is C14H12BrN3O. The van der Waals surface area contributed by atoms with Crippen LogP contribution in [0.15, 0.2) is 47.2 Å².